The van der Waals surface area contributed by atoms with Gasteiger partial charge in [-0.25, -0.2) is 14.3 Å². The standard InChI is InChI=1S/C26H30N6O5S/c1-17(2)14-20(31-25(34)21-15-29-18-8-3-4-9-19(18)30-21)26(35)32(22-10-7-12-27-16-23(22)33)38(36,37)24-11-5-6-13-28-24/h3-6,8-9,11,13,15,17,20,22,27H,7,10,12,14,16H2,1-2H3,(H,31,34)/t20?,22-/m0/s1. The third-order valence-corrected chi connectivity index (χ3v) is 7.88. The Morgan fingerprint density at radius 2 is 1.84 bits per heavy atom. The molecule has 2 N–H and O–H groups in total. The van der Waals surface area contributed by atoms with Gasteiger partial charge in [0.1, 0.15) is 17.8 Å². The number of sulfonamides is 1. The smallest absolute Gasteiger partial charge is 0.284 e. The number of nitrogens with one attached hydrogen (secondary N) is 2. The lowest BCUT2D eigenvalue weighted by atomic mass is 10.0. The van der Waals surface area contributed by atoms with Crippen LogP contribution in [0, 0.1) is 5.92 Å². The average molecular weight is 539 g/mol. The number of rotatable bonds is 8. The molecule has 0 bridgehead atoms. The SMILES string of the molecule is CC(C)CC(NC(=O)c1cnc2ccccc2n1)C(=O)N([C@H]1CCCNCC1=O)S(=O)(=O)c1ccccn1. The molecular weight excluding hydrogens is 508 g/mol. The normalized spacial score (nSPS) is 17.1. The van der Waals surface area contributed by atoms with Crippen LogP contribution in [0.3, 0.4) is 0 Å². The Morgan fingerprint density at radius 1 is 1.11 bits per heavy atom. The molecule has 1 saturated heterocycles. The molecule has 3 aromatic rings. The maximum Gasteiger partial charge on any atom is 0.284 e. The van der Waals surface area contributed by atoms with E-state index in [1.165, 1.54) is 24.5 Å². The quantitative estimate of drug-likeness (QED) is 0.437. The molecule has 2 aromatic heterocycles. The number of hydrogen-bond acceptors (Lipinski definition) is 9. The van der Waals surface area contributed by atoms with Crippen molar-refractivity contribution >= 4 is 38.7 Å². The molecule has 3 heterocycles. The fourth-order valence-corrected chi connectivity index (χ4v) is 5.91. The minimum Gasteiger partial charge on any atom is -0.339 e. The summed E-state index contributed by atoms with van der Waals surface area (Å²) < 4.78 is 28.1. The van der Waals surface area contributed by atoms with Crippen molar-refractivity contribution in [3.8, 4) is 0 Å². The molecule has 0 spiro atoms. The molecular formula is C26H30N6O5S. The van der Waals surface area contributed by atoms with Gasteiger partial charge in [-0.1, -0.05) is 32.0 Å². The van der Waals surface area contributed by atoms with Crippen molar-refractivity contribution in [1.29, 1.82) is 0 Å². The van der Waals surface area contributed by atoms with E-state index in [0.29, 0.717) is 28.3 Å². The first kappa shape index (κ1) is 27.3. The second kappa shape index (κ2) is 11.7. The summed E-state index contributed by atoms with van der Waals surface area (Å²) >= 11 is 0. The summed E-state index contributed by atoms with van der Waals surface area (Å²) in [5.41, 5.74) is 1.09. The van der Waals surface area contributed by atoms with Crippen molar-refractivity contribution in [1.82, 2.24) is 29.9 Å². The molecule has 1 unspecified atom stereocenters. The highest BCUT2D eigenvalue weighted by Gasteiger charge is 2.43. The molecule has 0 aliphatic carbocycles. The van der Waals surface area contributed by atoms with E-state index in [9.17, 15) is 22.8 Å². The summed E-state index contributed by atoms with van der Waals surface area (Å²) in [7, 11) is -4.51. The minimum absolute atomic E-state index is 0.0147. The van der Waals surface area contributed by atoms with Gasteiger partial charge < -0.3 is 10.6 Å². The number of aromatic nitrogens is 3. The fourth-order valence-electron chi connectivity index (χ4n) is 4.34. The molecule has 4 rings (SSSR count). The molecule has 1 fully saturated rings. The number of nitrogens with zero attached hydrogens (tertiary/aromatic N) is 4. The van der Waals surface area contributed by atoms with Crippen LogP contribution < -0.4 is 10.6 Å². The lowest BCUT2D eigenvalue weighted by Crippen LogP contribution is -2.56. The number of Topliss-reactive ketones (excluding diaryl/α,β-unsaturated/α-hetero) is 1. The zero-order valence-corrected chi connectivity index (χ0v) is 22.0. The molecule has 2 amide bonds. The Hall–Kier alpha value is -3.77. The summed E-state index contributed by atoms with van der Waals surface area (Å²) in [5.74, 6) is -2.08. The lowest BCUT2D eigenvalue weighted by molar-refractivity contribution is -0.135. The number of para-hydroxylation sites is 2. The Morgan fingerprint density at radius 3 is 2.55 bits per heavy atom. The Kier molecular flexibility index (Phi) is 8.42. The summed E-state index contributed by atoms with van der Waals surface area (Å²) in [6, 6.07) is 8.89. The van der Waals surface area contributed by atoms with Gasteiger partial charge in [-0.15, -0.1) is 0 Å². The van der Waals surface area contributed by atoms with Crippen LogP contribution in [0.15, 0.2) is 59.9 Å². The van der Waals surface area contributed by atoms with Crippen LogP contribution in [-0.4, -0.2) is 70.4 Å². The molecule has 11 nitrogen and oxygen atoms in total. The summed E-state index contributed by atoms with van der Waals surface area (Å²) in [4.78, 5) is 52.8. The Labute approximate surface area is 221 Å². The van der Waals surface area contributed by atoms with E-state index in [1.54, 1.807) is 30.3 Å². The van der Waals surface area contributed by atoms with E-state index in [4.69, 9.17) is 0 Å². The van der Waals surface area contributed by atoms with E-state index < -0.39 is 39.7 Å². The highest BCUT2D eigenvalue weighted by atomic mass is 32.2. The number of amides is 2. The van der Waals surface area contributed by atoms with E-state index in [0.717, 1.165) is 0 Å². The van der Waals surface area contributed by atoms with Crippen molar-refractivity contribution in [2.45, 2.75) is 50.2 Å². The molecule has 1 aliphatic heterocycles. The highest BCUT2D eigenvalue weighted by Crippen LogP contribution is 2.24. The Bertz CT molecular complexity index is 1430. The predicted octanol–water partition coefficient (Wildman–Crippen LogP) is 1.71. The second-order valence-electron chi connectivity index (χ2n) is 9.51. The van der Waals surface area contributed by atoms with Gasteiger partial charge >= 0.3 is 0 Å². The number of fused-ring (bicyclic) bond motifs is 1. The van der Waals surface area contributed by atoms with Crippen LogP contribution in [0.5, 0.6) is 0 Å². The van der Waals surface area contributed by atoms with Gasteiger partial charge in [0, 0.05) is 6.20 Å². The molecule has 0 saturated carbocycles. The number of hydrogen-bond donors (Lipinski definition) is 2. The zero-order chi connectivity index (χ0) is 27.3. The van der Waals surface area contributed by atoms with Gasteiger partial charge in [0.05, 0.1) is 23.8 Å². The topological polar surface area (TPSA) is 151 Å². The summed E-state index contributed by atoms with van der Waals surface area (Å²) in [5, 5.41) is 5.26. The van der Waals surface area contributed by atoms with E-state index in [1.807, 2.05) is 13.8 Å². The first-order valence-electron chi connectivity index (χ1n) is 12.4. The molecule has 1 aliphatic rings. The van der Waals surface area contributed by atoms with Crippen molar-refractivity contribution in [2.24, 2.45) is 5.92 Å². The van der Waals surface area contributed by atoms with E-state index >= 15 is 0 Å². The van der Waals surface area contributed by atoms with Crippen molar-refractivity contribution < 1.29 is 22.8 Å². The number of ketones is 1. The number of carbonyl (C=O) groups is 3. The van der Waals surface area contributed by atoms with Crippen LogP contribution in [0.2, 0.25) is 0 Å². The van der Waals surface area contributed by atoms with Crippen LogP contribution in [0.1, 0.15) is 43.6 Å². The van der Waals surface area contributed by atoms with Crippen molar-refractivity contribution in [2.75, 3.05) is 13.1 Å². The summed E-state index contributed by atoms with van der Waals surface area (Å²) in [6.07, 6.45) is 3.39. The van der Waals surface area contributed by atoms with Crippen LogP contribution >= 0.6 is 0 Å². The maximum atomic E-state index is 14.0. The molecule has 12 heteroatoms. The molecule has 38 heavy (non-hydrogen) atoms. The number of pyridine rings is 1. The number of carbonyl (C=O) groups excluding carboxylic acids is 3. The van der Waals surface area contributed by atoms with Gasteiger partial charge in [-0.05, 0) is 56.0 Å². The molecule has 1 aromatic carbocycles. The third-order valence-electron chi connectivity index (χ3n) is 6.16. The highest BCUT2D eigenvalue weighted by molar-refractivity contribution is 7.89. The molecule has 200 valence electrons. The lowest BCUT2D eigenvalue weighted by Gasteiger charge is -2.32. The van der Waals surface area contributed by atoms with Crippen LogP contribution in [-0.2, 0) is 19.6 Å². The van der Waals surface area contributed by atoms with Crippen LogP contribution in [0.4, 0.5) is 0 Å². The monoisotopic (exact) mass is 538 g/mol. The third kappa shape index (κ3) is 6.03. The first-order valence-corrected chi connectivity index (χ1v) is 13.9. The van der Waals surface area contributed by atoms with Crippen molar-refractivity contribution in [3.63, 3.8) is 0 Å². The molecule has 0 radical (unpaired) electrons. The first-order chi connectivity index (χ1) is 18.2. The van der Waals surface area contributed by atoms with E-state index in [-0.39, 0.29) is 36.0 Å². The van der Waals surface area contributed by atoms with Crippen molar-refractivity contribution in [3.05, 3.63) is 60.6 Å². The minimum atomic E-state index is -4.51. The second-order valence-corrected chi connectivity index (χ2v) is 11.3. The van der Waals surface area contributed by atoms with Gasteiger partial charge in [0.25, 0.3) is 21.8 Å². The predicted molar refractivity (Wildman–Crippen MR) is 139 cm³/mol. The fraction of sp³-hybridized carbons (Fsp3) is 0.385. The van der Waals surface area contributed by atoms with Gasteiger partial charge in [0.15, 0.2) is 10.8 Å². The largest absolute Gasteiger partial charge is 0.339 e. The Balaban J connectivity index is 1.71. The van der Waals surface area contributed by atoms with Gasteiger partial charge in [0.2, 0.25) is 0 Å². The summed E-state index contributed by atoms with van der Waals surface area (Å²) in [6.45, 7) is 4.14. The van der Waals surface area contributed by atoms with E-state index in [2.05, 4.69) is 25.6 Å². The van der Waals surface area contributed by atoms with Gasteiger partial charge in [-0.3, -0.25) is 19.4 Å². The van der Waals surface area contributed by atoms with Gasteiger partial charge in [-0.2, -0.15) is 8.42 Å². The zero-order valence-electron chi connectivity index (χ0n) is 21.2. The maximum absolute atomic E-state index is 14.0. The molecule has 2 atom stereocenters. The van der Waals surface area contributed by atoms with Crippen LogP contribution in [0.25, 0.3) is 11.0 Å². The average Bonchev–Trinajstić information content (AvgIpc) is 3.12. The number of benzene rings is 1.